The maximum Gasteiger partial charge on any atom is 0.289 e. The number of rotatable bonds is 8. The minimum atomic E-state index is -1.37. The summed E-state index contributed by atoms with van der Waals surface area (Å²) in [4.78, 5) is 12.1. The molecule has 0 heterocycles. The fraction of sp³-hybridized carbons (Fsp3) is 0.467. The van der Waals surface area contributed by atoms with Crippen LogP contribution >= 0.6 is 12.2 Å². The molecule has 1 aromatic carbocycles. The summed E-state index contributed by atoms with van der Waals surface area (Å²) in [5.41, 5.74) is 0.843. The number of Topliss-reactive ketones (excluding diaryl/α,β-unsaturated/α-hetero) is 1. The van der Waals surface area contributed by atoms with Crippen molar-refractivity contribution in [2.75, 3.05) is 28.4 Å². The molecule has 1 atom stereocenters. The molecule has 0 aromatic heterocycles. The van der Waals surface area contributed by atoms with Gasteiger partial charge in [0.25, 0.3) is 5.97 Å². The van der Waals surface area contributed by atoms with Gasteiger partial charge in [0.15, 0.2) is 0 Å². The van der Waals surface area contributed by atoms with Gasteiger partial charge in [-0.05, 0) is 17.8 Å². The van der Waals surface area contributed by atoms with Crippen LogP contribution in [0.3, 0.4) is 0 Å². The van der Waals surface area contributed by atoms with Gasteiger partial charge in [0, 0.05) is 27.8 Å². The molecule has 0 amide bonds. The first-order valence-electron chi connectivity index (χ1n) is 6.36. The molecule has 0 aliphatic rings. The van der Waals surface area contributed by atoms with Gasteiger partial charge in [-0.15, -0.1) is 0 Å². The highest BCUT2D eigenvalue weighted by molar-refractivity contribution is 7.81. The quantitative estimate of drug-likeness (QED) is 0.542. The van der Waals surface area contributed by atoms with Crippen LogP contribution in [0.25, 0.3) is 0 Å². The van der Waals surface area contributed by atoms with Crippen molar-refractivity contribution in [2.24, 2.45) is 0 Å². The first kappa shape index (κ1) is 17.7. The highest BCUT2D eigenvalue weighted by Gasteiger charge is 2.42. The van der Waals surface area contributed by atoms with Crippen molar-refractivity contribution in [2.45, 2.75) is 18.3 Å². The molecular formula is C15H20O5S. The van der Waals surface area contributed by atoms with Crippen LogP contribution in [0.4, 0.5) is 0 Å². The third kappa shape index (κ3) is 4.07. The van der Waals surface area contributed by atoms with E-state index in [1.54, 1.807) is 0 Å². The molecule has 0 saturated carbocycles. The normalized spacial score (nSPS) is 12.8. The van der Waals surface area contributed by atoms with E-state index in [2.05, 4.69) is 0 Å². The number of hydrogen-bond donors (Lipinski definition) is 0. The Morgan fingerprint density at radius 3 is 2.05 bits per heavy atom. The Labute approximate surface area is 130 Å². The molecule has 21 heavy (non-hydrogen) atoms. The van der Waals surface area contributed by atoms with Crippen LogP contribution in [0.15, 0.2) is 30.3 Å². The summed E-state index contributed by atoms with van der Waals surface area (Å²) in [5, 5.41) is -0.0758. The van der Waals surface area contributed by atoms with Crippen LogP contribution in [0.5, 0.6) is 0 Å². The Balaban J connectivity index is 3.17. The summed E-state index contributed by atoms with van der Waals surface area (Å²) in [5.74, 6) is -2.17. The number of methoxy groups -OCH3 is 4. The first-order chi connectivity index (χ1) is 10.0. The smallest absolute Gasteiger partial charge is 0.289 e. The molecule has 0 aliphatic heterocycles. The van der Waals surface area contributed by atoms with E-state index < -0.39 is 11.9 Å². The molecule has 0 fully saturated rings. The van der Waals surface area contributed by atoms with E-state index in [1.165, 1.54) is 28.4 Å². The second-order valence-electron chi connectivity index (χ2n) is 4.30. The Morgan fingerprint density at radius 1 is 1.10 bits per heavy atom. The lowest BCUT2D eigenvalue weighted by Crippen LogP contribution is -2.44. The van der Waals surface area contributed by atoms with E-state index in [1.807, 2.05) is 30.3 Å². The number of ether oxygens (including phenoxy) is 4. The Bertz CT molecular complexity index is 462. The number of hydrogen-bond acceptors (Lipinski definition) is 6. The average molecular weight is 312 g/mol. The maximum absolute atomic E-state index is 12.1. The van der Waals surface area contributed by atoms with E-state index in [4.69, 9.17) is 31.2 Å². The average Bonchev–Trinajstić information content (AvgIpc) is 2.55. The van der Waals surface area contributed by atoms with Gasteiger partial charge in [0.1, 0.15) is 0 Å². The molecule has 0 saturated heterocycles. The molecule has 0 N–H and O–H groups in total. The lowest BCUT2D eigenvalue weighted by molar-refractivity contribution is -0.364. The van der Waals surface area contributed by atoms with E-state index in [0.717, 1.165) is 5.56 Å². The van der Waals surface area contributed by atoms with Crippen LogP contribution in [0, 0.1) is 0 Å². The number of benzene rings is 1. The van der Waals surface area contributed by atoms with Crippen LogP contribution in [-0.2, 0) is 23.7 Å². The van der Waals surface area contributed by atoms with Crippen LogP contribution in [0.2, 0.25) is 0 Å². The monoisotopic (exact) mass is 312 g/mol. The minimum absolute atomic E-state index is 0.0478. The van der Waals surface area contributed by atoms with Crippen molar-refractivity contribution in [1.82, 2.24) is 0 Å². The molecule has 1 unspecified atom stereocenters. The topological polar surface area (TPSA) is 54.0 Å². The highest BCUT2D eigenvalue weighted by Crippen LogP contribution is 2.35. The highest BCUT2D eigenvalue weighted by atomic mass is 32.1. The maximum atomic E-state index is 12.1. The van der Waals surface area contributed by atoms with Crippen molar-refractivity contribution in [3.63, 3.8) is 0 Å². The van der Waals surface area contributed by atoms with Crippen molar-refractivity contribution in [3.05, 3.63) is 35.9 Å². The van der Waals surface area contributed by atoms with Crippen molar-refractivity contribution in [3.8, 4) is 0 Å². The minimum Gasteiger partial charge on any atom is -0.484 e. The molecule has 1 aromatic rings. The lowest BCUT2D eigenvalue weighted by atomic mass is 9.91. The molecule has 1 rings (SSSR count). The van der Waals surface area contributed by atoms with Gasteiger partial charge in [-0.1, -0.05) is 30.3 Å². The summed E-state index contributed by atoms with van der Waals surface area (Å²) >= 11 is 4.88. The van der Waals surface area contributed by atoms with Crippen molar-refractivity contribution in [1.29, 1.82) is 0 Å². The third-order valence-corrected chi connectivity index (χ3v) is 3.68. The third-order valence-electron chi connectivity index (χ3n) is 3.28. The molecule has 0 aliphatic carbocycles. The molecule has 0 spiro atoms. The molecule has 6 heteroatoms. The first-order valence-corrected chi connectivity index (χ1v) is 6.77. The van der Waals surface area contributed by atoms with Gasteiger partial charge in [-0.25, -0.2) is 0 Å². The Hall–Kier alpha value is -1.34. The van der Waals surface area contributed by atoms with Gasteiger partial charge in [0.05, 0.1) is 13.0 Å². The molecule has 0 bridgehead atoms. The SMILES string of the molecule is COC(=S)C(=O)CC(c1ccccc1)C(OC)(OC)OC. The summed E-state index contributed by atoms with van der Waals surface area (Å²) in [7, 11) is 5.75. The van der Waals surface area contributed by atoms with Crippen molar-refractivity contribution >= 4 is 23.1 Å². The van der Waals surface area contributed by atoms with E-state index >= 15 is 0 Å². The van der Waals surface area contributed by atoms with Gasteiger partial charge in [-0.3, -0.25) is 4.79 Å². The Kier molecular flexibility index (Phi) is 6.91. The number of carbonyl (C=O) groups excluding carboxylic acids is 1. The van der Waals surface area contributed by atoms with Crippen LogP contribution in [0.1, 0.15) is 17.9 Å². The van der Waals surface area contributed by atoms with E-state index in [0.29, 0.717) is 0 Å². The zero-order chi connectivity index (χ0) is 15.9. The molecule has 5 nitrogen and oxygen atoms in total. The van der Waals surface area contributed by atoms with Gasteiger partial charge >= 0.3 is 0 Å². The number of ketones is 1. The van der Waals surface area contributed by atoms with Gasteiger partial charge < -0.3 is 18.9 Å². The summed E-state index contributed by atoms with van der Waals surface area (Å²) in [6.07, 6.45) is 0.0478. The van der Waals surface area contributed by atoms with Crippen LogP contribution in [-0.4, -0.2) is 45.2 Å². The molecular weight excluding hydrogens is 292 g/mol. The fourth-order valence-electron chi connectivity index (χ4n) is 2.19. The van der Waals surface area contributed by atoms with E-state index in [-0.39, 0.29) is 17.3 Å². The number of carbonyl (C=O) groups is 1. The largest absolute Gasteiger partial charge is 0.484 e. The zero-order valence-electron chi connectivity index (χ0n) is 12.6. The lowest BCUT2D eigenvalue weighted by Gasteiger charge is -2.36. The Morgan fingerprint density at radius 2 is 1.62 bits per heavy atom. The van der Waals surface area contributed by atoms with Gasteiger partial charge in [0.2, 0.25) is 10.8 Å². The second-order valence-corrected chi connectivity index (χ2v) is 4.67. The summed E-state index contributed by atoms with van der Waals surface area (Å²) in [6, 6.07) is 9.37. The van der Waals surface area contributed by atoms with Crippen LogP contribution < -0.4 is 0 Å². The zero-order valence-corrected chi connectivity index (χ0v) is 13.4. The molecule has 116 valence electrons. The summed E-state index contributed by atoms with van der Waals surface area (Å²) < 4.78 is 21.0. The standard InChI is InChI=1S/C15H20O5S/c1-17-14(21)13(16)10-12(11-8-6-5-7-9-11)15(18-2,19-3)20-4/h5-9,12H,10H2,1-4H3. The fourth-order valence-corrected chi connectivity index (χ4v) is 2.27. The van der Waals surface area contributed by atoms with E-state index in [9.17, 15) is 4.79 Å². The predicted octanol–water partition coefficient (Wildman–Crippen LogP) is 2.30. The molecule has 0 radical (unpaired) electrons. The predicted molar refractivity (Wildman–Crippen MR) is 82.2 cm³/mol. The number of thiocarbonyl (C=S) groups is 1. The summed E-state index contributed by atoms with van der Waals surface area (Å²) in [6.45, 7) is 0. The van der Waals surface area contributed by atoms with Gasteiger partial charge in [-0.2, -0.15) is 0 Å². The van der Waals surface area contributed by atoms with Crippen molar-refractivity contribution < 1.29 is 23.7 Å². The second kappa shape index (κ2) is 8.19.